The molecule has 0 radical (unpaired) electrons. The molecule has 2 heterocycles. The van der Waals surface area contributed by atoms with Crippen molar-refractivity contribution in [2.24, 2.45) is 0 Å². The monoisotopic (exact) mass is 508 g/mol. The number of hydrogen-bond donors (Lipinski definition) is 2. The minimum atomic E-state index is -4.59. The number of aromatic nitrogens is 2. The molecule has 12 heteroatoms. The van der Waals surface area contributed by atoms with Crippen molar-refractivity contribution < 1.29 is 22.7 Å². The molecule has 2 aromatic heterocycles. The molecule has 0 atom stereocenters. The first-order valence-corrected chi connectivity index (χ1v) is 11.8. The Balaban J connectivity index is 1.59. The molecule has 0 aromatic carbocycles. The highest BCUT2D eigenvalue weighted by atomic mass is 35.5. The Hall–Kier alpha value is -1.85. The van der Waals surface area contributed by atoms with Crippen LogP contribution in [0.25, 0.3) is 0 Å². The number of carbonyl (C=O) groups excluding carboxylic acids is 1. The molecule has 1 aliphatic rings. The number of nitrogens with zero attached hydrogens (tertiary/aromatic N) is 2. The first-order chi connectivity index (χ1) is 15.1. The largest absolute Gasteiger partial charge is 0.465 e. The maximum absolute atomic E-state index is 12.9. The number of esters is 1. The van der Waals surface area contributed by atoms with Crippen molar-refractivity contribution >= 4 is 51.2 Å². The van der Waals surface area contributed by atoms with Crippen molar-refractivity contribution in [1.82, 2.24) is 15.1 Å². The van der Waals surface area contributed by atoms with Crippen LogP contribution in [0, 0.1) is 6.92 Å². The van der Waals surface area contributed by atoms with E-state index in [1.165, 1.54) is 34.9 Å². The summed E-state index contributed by atoms with van der Waals surface area (Å²) in [6, 6.07) is 0. The molecule has 0 saturated carbocycles. The van der Waals surface area contributed by atoms with Gasteiger partial charge < -0.3 is 15.4 Å². The summed E-state index contributed by atoms with van der Waals surface area (Å²) in [6.07, 6.45) is 0.902. The van der Waals surface area contributed by atoms with Gasteiger partial charge in [-0.3, -0.25) is 4.68 Å². The third kappa shape index (κ3) is 5.55. The lowest BCUT2D eigenvalue weighted by Gasteiger charge is -2.11. The zero-order valence-electron chi connectivity index (χ0n) is 17.7. The van der Waals surface area contributed by atoms with Crippen LogP contribution in [-0.2, 0) is 30.3 Å². The van der Waals surface area contributed by atoms with Gasteiger partial charge in [0.15, 0.2) is 10.8 Å². The van der Waals surface area contributed by atoms with Crippen LogP contribution in [0.2, 0.25) is 5.02 Å². The van der Waals surface area contributed by atoms with E-state index in [2.05, 4.69) is 15.7 Å². The van der Waals surface area contributed by atoms with Crippen LogP contribution in [0.4, 0.5) is 18.2 Å². The van der Waals surface area contributed by atoms with E-state index < -0.39 is 11.9 Å². The highest BCUT2D eigenvalue weighted by molar-refractivity contribution is 7.80. The number of rotatable bonds is 6. The average Bonchev–Trinajstić information content (AvgIpc) is 3.10. The highest BCUT2D eigenvalue weighted by Gasteiger charge is 2.38. The number of carbonyl (C=O) groups is 1. The molecule has 0 fully saturated rings. The SMILES string of the molecule is COC(=O)c1c(NC(=S)NCCCn2nc(C(F)(F)F)c(Cl)c2C)sc2c1CCCCC2. The third-order valence-corrected chi connectivity index (χ3v) is 7.18. The normalized spacial score (nSPS) is 13.9. The van der Waals surface area contributed by atoms with Gasteiger partial charge in [0.25, 0.3) is 0 Å². The predicted octanol–water partition coefficient (Wildman–Crippen LogP) is 5.36. The second-order valence-electron chi connectivity index (χ2n) is 7.46. The zero-order chi connectivity index (χ0) is 23.5. The Morgan fingerprint density at radius 2 is 2.03 bits per heavy atom. The lowest BCUT2D eigenvalue weighted by molar-refractivity contribution is -0.141. The molecular weight excluding hydrogens is 485 g/mol. The number of halogens is 4. The Bertz CT molecular complexity index is 1000. The third-order valence-electron chi connectivity index (χ3n) is 5.27. The molecule has 1 aliphatic carbocycles. The van der Waals surface area contributed by atoms with Gasteiger partial charge in [0, 0.05) is 18.0 Å². The topological polar surface area (TPSA) is 68.2 Å². The molecule has 2 aromatic rings. The first-order valence-electron chi connectivity index (χ1n) is 10.2. The molecule has 0 aliphatic heterocycles. The molecule has 176 valence electrons. The number of nitrogens with one attached hydrogen (secondary N) is 2. The maximum Gasteiger partial charge on any atom is 0.436 e. The van der Waals surface area contributed by atoms with Gasteiger partial charge in [-0.1, -0.05) is 18.0 Å². The van der Waals surface area contributed by atoms with Gasteiger partial charge in [0.05, 0.1) is 23.4 Å². The van der Waals surface area contributed by atoms with Gasteiger partial charge in [0.2, 0.25) is 0 Å². The van der Waals surface area contributed by atoms with E-state index in [1.807, 2.05) is 0 Å². The van der Waals surface area contributed by atoms with Crippen molar-refractivity contribution in [1.29, 1.82) is 0 Å². The number of ether oxygens (including phenoxy) is 1. The molecule has 0 amide bonds. The second kappa shape index (κ2) is 10.4. The van der Waals surface area contributed by atoms with E-state index in [0.29, 0.717) is 28.6 Å². The fraction of sp³-hybridized carbons (Fsp3) is 0.550. The molecule has 2 N–H and O–H groups in total. The minimum Gasteiger partial charge on any atom is -0.465 e. The van der Waals surface area contributed by atoms with Crippen LogP contribution < -0.4 is 10.6 Å². The molecule has 32 heavy (non-hydrogen) atoms. The molecule has 0 spiro atoms. The Kier molecular flexibility index (Phi) is 8.05. The van der Waals surface area contributed by atoms with Gasteiger partial charge in [0.1, 0.15) is 5.00 Å². The van der Waals surface area contributed by atoms with Gasteiger partial charge in [-0.15, -0.1) is 11.3 Å². The lowest BCUT2D eigenvalue weighted by Crippen LogP contribution is -2.30. The first kappa shape index (κ1) is 24.8. The molecular formula is C20H24ClF3N4O2S2. The van der Waals surface area contributed by atoms with Crippen LogP contribution in [0.1, 0.15) is 57.9 Å². The number of methoxy groups -OCH3 is 1. The van der Waals surface area contributed by atoms with E-state index in [0.717, 1.165) is 37.7 Å². The summed E-state index contributed by atoms with van der Waals surface area (Å²) >= 11 is 12.6. The summed E-state index contributed by atoms with van der Waals surface area (Å²) in [4.78, 5) is 13.6. The number of anilines is 1. The fourth-order valence-corrected chi connectivity index (χ4v) is 5.44. The van der Waals surface area contributed by atoms with Crippen molar-refractivity contribution in [2.75, 3.05) is 19.0 Å². The highest BCUT2D eigenvalue weighted by Crippen LogP contribution is 2.38. The van der Waals surface area contributed by atoms with E-state index in [9.17, 15) is 18.0 Å². The van der Waals surface area contributed by atoms with Crippen LogP contribution in [0.15, 0.2) is 0 Å². The number of fused-ring (bicyclic) bond motifs is 1. The predicted molar refractivity (Wildman–Crippen MR) is 123 cm³/mol. The van der Waals surface area contributed by atoms with E-state index >= 15 is 0 Å². The van der Waals surface area contributed by atoms with Crippen molar-refractivity contribution in [3.05, 3.63) is 32.4 Å². The smallest absolute Gasteiger partial charge is 0.436 e. The number of thiocarbonyl (C=S) groups is 1. The number of hydrogen-bond acceptors (Lipinski definition) is 5. The van der Waals surface area contributed by atoms with Gasteiger partial charge >= 0.3 is 12.1 Å². The lowest BCUT2D eigenvalue weighted by atomic mass is 10.1. The van der Waals surface area contributed by atoms with Crippen LogP contribution in [0.3, 0.4) is 0 Å². The summed E-state index contributed by atoms with van der Waals surface area (Å²) in [5.41, 5.74) is 0.772. The van der Waals surface area contributed by atoms with Crippen molar-refractivity contribution in [2.45, 2.75) is 58.2 Å². The maximum atomic E-state index is 12.9. The summed E-state index contributed by atoms with van der Waals surface area (Å²) in [6.45, 7) is 2.15. The molecule has 0 unspecified atom stereocenters. The minimum absolute atomic E-state index is 0.248. The van der Waals surface area contributed by atoms with E-state index in [1.54, 1.807) is 0 Å². The van der Waals surface area contributed by atoms with Crippen molar-refractivity contribution in [3.63, 3.8) is 0 Å². The fourth-order valence-electron chi connectivity index (χ4n) is 3.65. The second-order valence-corrected chi connectivity index (χ2v) is 9.35. The molecule has 6 nitrogen and oxygen atoms in total. The average molecular weight is 509 g/mol. The Morgan fingerprint density at radius 3 is 2.69 bits per heavy atom. The quantitative estimate of drug-likeness (QED) is 0.237. The number of aryl methyl sites for hydroxylation is 2. The zero-order valence-corrected chi connectivity index (χ0v) is 20.1. The summed E-state index contributed by atoms with van der Waals surface area (Å²) in [5, 5.41) is 10.3. The molecule has 0 bridgehead atoms. The van der Waals surface area contributed by atoms with Crippen LogP contribution >= 0.6 is 35.2 Å². The van der Waals surface area contributed by atoms with Crippen molar-refractivity contribution in [3.8, 4) is 0 Å². The number of thiophene rings is 1. The standard InChI is InChI=1S/C20H24ClF3N4O2S2/c1-11-15(21)16(20(22,23)24)27-28(11)10-6-9-25-19(31)26-17-14(18(29)30-2)12-7-4-3-5-8-13(12)32-17/h3-10H2,1-2H3,(H2,25,26,31). The summed E-state index contributed by atoms with van der Waals surface area (Å²) in [5.74, 6) is -0.388. The Morgan fingerprint density at radius 1 is 1.31 bits per heavy atom. The van der Waals surface area contributed by atoms with Gasteiger partial charge in [-0.2, -0.15) is 18.3 Å². The summed E-state index contributed by atoms with van der Waals surface area (Å²) < 4.78 is 45.0. The van der Waals surface area contributed by atoms with Crippen LogP contribution in [0.5, 0.6) is 0 Å². The molecule has 3 rings (SSSR count). The Labute approximate surface area is 198 Å². The van der Waals surface area contributed by atoms with E-state index in [-0.39, 0.29) is 23.2 Å². The number of alkyl halides is 3. The van der Waals surface area contributed by atoms with Gasteiger partial charge in [-0.05, 0) is 56.8 Å². The summed E-state index contributed by atoms with van der Waals surface area (Å²) in [7, 11) is 1.36. The molecule has 0 saturated heterocycles. The van der Waals surface area contributed by atoms with Crippen LogP contribution in [-0.4, -0.2) is 34.5 Å². The van der Waals surface area contributed by atoms with Gasteiger partial charge in [-0.25, -0.2) is 4.79 Å². The van der Waals surface area contributed by atoms with E-state index in [4.69, 9.17) is 28.6 Å².